The number of hydrogen-bond donors (Lipinski definition) is 3. The van der Waals surface area contributed by atoms with Crippen LogP contribution in [0.3, 0.4) is 0 Å². The van der Waals surface area contributed by atoms with Gasteiger partial charge in [0.05, 0.1) is 6.54 Å². The van der Waals surface area contributed by atoms with E-state index in [1.807, 2.05) is 19.1 Å². The van der Waals surface area contributed by atoms with E-state index in [1.165, 1.54) is 6.07 Å². The number of halogens is 2. The monoisotopic (exact) mass is 486 g/mol. The number of amides is 1. The standard InChI is InChI=1S/C19H23FN4O2.HI/c1-13(26-17-6-4-3-5-16(17)20)11-23-19(22-2)24-12-14-7-9-15(10-8-14)18(21)25;/h3-10,13H,11-12H2,1-2H3,(H2,21,25)(H2,22,23,24);1H. The van der Waals surface area contributed by atoms with E-state index in [0.717, 1.165) is 5.56 Å². The summed E-state index contributed by atoms with van der Waals surface area (Å²) in [6.45, 7) is 2.82. The molecule has 1 unspecified atom stereocenters. The van der Waals surface area contributed by atoms with Crippen molar-refractivity contribution >= 4 is 35.8 Å². The van der Waals surface area contributed by atoms with Crippen LogP contribution in [-0.4, -0.2) is 31.6 Å². The van der Waals surface area contributed by atoms with Crippen molar-refractivity contribution in [3.8, 4) is 5.75 Å². The first-order valence-electron chi connectivity index (χ1n) is 8.24. The molecule has 2 rings (SSSR count). The molecule has 0 saturated heterocycles. The number of carbonyl (C=O) groups excluding carboxylic acids is 1. The summed E-state index contributed by atoms with van der Waals surface area (Å²) in [5.74, 6) is -0.0284. The van der Waals surface area contributed by atoms with Crippen molar-refractivity contribution in [3.05, 3.63) is 65.5 Å². The maximum absolute atomic E-state index is 13.6. The van der Waals surface area contributed by atoms with Crippen molar-refractivity contribution in [2.75, 3.05) is 13.6 Å². The molecule has 1 amide bonds. The number of nitrogens with zero attached hydrogens (tertiary/aromatic N) is 1. The number of aliphatic imine (C=N–C) groups is 1. The first kappa shape index (κ1) is 22.7. The van der Waals surface area contributed by atoms with Gasteiger partial charge >= 0.3 is 0 Å². The average Bonchev–Trinajstić information content (AvgIpc) is 2.64. The first-order chi connectivity index (χ1) is 12.5. The maximum Gasteiger partial charge on any atom is 0.248 e. The molecule has 0 radical (unpaired) electrons. The number of guanidine groups is 1. The molecule has 27 heavy (non-hydrogen) atoms. The maximum atomic E-state index is 13.6. The van der Waals surface area contributed by atoms with Gasteiger partial charge in [-0.05, 0) is 36.8 Å². The highest BCUT2D eigenvalue weighted by Crippen LogP contribution is 2.16. The number of ether oxygens (including phenoxy) is 1. The Labute approximate surface area is 175 Å². The molecule has 0 heterocycles. The third-order valence-electron chi connectivity index (χ3n) is 3.64. The molecule has 0 spiro atoms. The van der Waals surface area contributed by atoms with Gasteiger partial charge in [-0.3, -0.25) is 9.79 Å². The Bertz CT molecular complexity index is 769. The molecule has 1 atom stereocenters. The van der Waals surface area contributed by atoms with Crippen LogP contribution in [0.25, 0.3) is 0 Å². The summed E-state index contributed by atoms with van der Waals surface area (Å²) in [4.78, 5) is 15.2. The number of nitrogens with one attached hydrogen (secondary N) is 2. The van der Waals surface area contributed by atoms with Gasteiger partial charge in [0.25, 0.3) is 0 Å². The quantitative estimate of drug-likeness (QED) is 0.319. The first-order valence-corrected chi connectivity index (χ1v) is 8.24. The topological polar surface area (TPSA) is 88.7 Å². The van der Waals surface area contributed by atoms with E-state index < -0.39 is 5.91 Å². The number of benzene rings is 2. The minimum atomic E-state index is -0.453. The molecule has 2 aromatic carbocycles. The highest BCUT2D eigenvalue weighted by atomic mass is 127. The van der Waals surface area contributed by atoms with Gasteiger partial charge in [0.2, 0.25) is 5.91 Å². The van der Waals surface area contributed by atoms with Gasteiger partial charge in [-0.1, -0.05) is 24.3 Å². The van der Waals surface area contributed by atoms with Gasteiger partial charge < -0.3 is 21.1 Å². The van der Waals surface area contributed by atoms with Crippen LogP contribution in [0.1, 0.15) is 22.8 Å². The minimum absolute atomic E-state index is 0. The molecule has 4 N–H and O–H groups in total. The molecular weight excluding hydrogens is 462 g/mol. The lowest BCUT2D eigenvalue weighted by atomic mass is 10.1. The molecule has 0 aliphatic heterocycles. The summed E-state index contributed by atoms with van der Waals surface area (Å²) in [6, 6.07) is 13.3. The van der Waals surface area contributed by atoms with Crippen LogP contribution in [0.15, 0.2) is 53.5 Å². The van der Waals surface area contributed by atoms with Crippen LogP contribution in [-0.2, 0) is 6.54 Å². The fourth-order valence-electron chi connectivity index (χ4n) is 2.23. The van der Waals surface area contributed by atoms with E-state index in [4.69, 9.17) is 10.5 Å². The number of primary amides is 1. The molecule has 0 bridgehead atoms. The molecular formula is C19H24FIN4O2. The van der Waals surface area contributed by atoms with E-state index >= 15 is 0 Å². The Morgan fingerprint density at radius 3 is 2.44 bits per heavy atom. The largest absolute Gasteiger partial charge is 0.486 e. The van der Waals surface area contributed by atoms with E-state index in [1.54, 1.807) is 37.4 Å². The minimum Gasteiger partial charge on any atom is -0.486 e. The SMILES string of the molecule is CN=C(NCc1ccc(C(N)=O)cc1)NCC(C)Oc1ccccc1F.I. The third kappa shape index (κ3) is 7.41. The van der Waals surface area contributed by atoms with Crippen molar-refractivity contribution in [2.45, 2.75) is 19.6 Å². The lowest BCUT2D eigenvalue weighted by Crippen LogP contribution is -2.41. The predicted octanol–water partition coefficient (Wildman–Crippen LogP) is 2.68. The summed E-state index contributed by atoms with van der Waals surface area (Å²) in [5.41, 5.74) is 6.67. The Morgan fingerprint density at radius 2 is 1.85 bits per heavy atom. The lowest BCUT2D eigenvalue weighted by Gasteiger charge is -2.18. The van der Waals surface area contributed by atoms with Crippen LogP contribution in [0.4, 0.5) is 4.39 Å². The zero-order chi connectivity index (χ0) is 18.9. The van der Waals surface area contributed by atoms with Gasteiger partial charge in [0.15, 0.2) is 17.5 Å². The predicted molar refractivity (Wildman–Crippen MR) is 115 cm³/mol. The zero-order valence-corrected chi connectivity index (χ0v) is 17.6. The Balaban J connectivity index is 0.00000364. The van der Waals surface area contributed by atoms with Crippen molar-refractivity contribution in [2.24, 2.45) is 10.7 Å². The number of rotatable bonds is 7. The molecule has 0 aliphatic carbocycles. The number of carbonyl (C=O) groups is 1. The average molecular weight is 486 g/mol. The summed E-state index contributed by atoms with van der Waals surface area (Å²) < 4.78 is 19.2. The van der Waals surface area contributed by atoms with Crippen LogP contribution in [0.5, 0.6) is 5.75 Å². The Morgan fingerprint density at radius 1 is 1.19 bits per heavy atom. The van der Waals surface area contributed by atoms with Crippen LogP contribution >= 0.6 is 24.0 Å². The number of nitrogens with two attached hydrogens (primary N) is 1. The van der Waals surface area contributed by atoms with Crippen molar-refractivity contribution in [1.29, 1.82) is 0 Å². The fourth-order valence-corrected chi connectivity index (χ4v) is 2.23. The highest BCUT2D eigenvalue weighted by molar-refractivity contribution is 14.0. The van der Waals surface area contributed by atoms with E-state index in [2.05, 4.69) is 15.6 Å². The zero-order valence-electron chi connectivity index (χ0n) is 15.2. The molecule has 8 heteroatoms. The molecule has 6 nitrogen and oxygen atoms in total. The van der Waals surface area contributed by atoms with E-state index in [-0.39, 0.29) is 41.6 Å². The van der Waals surface area contributed by atoms with Crippen molar-refractivity contribution in [3.63, 3.8) is 0 Å². The molecule has 0 saturated carbocycles. The number of hydrogen-bond acceptors (Lipinski definition) is 3. The molecule has 0 aliphatic rings. The molecule has 0 fully saturated rings. The van der Waals surface area contributed by atoms with E-state index in [9.17, 15) is 9.18 Å². The summed E-state index contributed by atoms with van der Waals surface area (Å²) in [7, 11) is 1.66. The van der Waals surface area contributed by atoms with Crippen molar-refractivity contribution in [1.82, 2.24) is 10.6 Å². The smallest absolute Gasteiger partial charge is 0.248 e. The second-order valence-electron chi connectivity index (χ2n) is 5.73. The normalized spacial score (nSPS) is 11.9. The highest BCUT2D eigenvalue weighted by Gasteiger charge is 2.09. The van der Waals surface area contributed by atoms with Gasteiger partial charge in [-0.25, -0.2) is 4.39 Å². The second kappa shape index (κ2) is 11.4. The second-order valence-corrected chi connectivity index (χ2v) is 5.73. The molecule has 2 aromatic rings. The van der Waals surface area contributed by atoms with Gasteiger partial charge in [0.1, 0.15) is 6.10 Å². The summed E-state index contributed by atoms with van der Waals surface area (Å²) >= 11 is 0. The fraction of sp³-hybridized carbons (Fsp3) is 0.263. The Kier molecular flexibility index (Phi) is 9.55. The molecule has 146 valence electrons. The summed E-state index contributed by atoms with van der Waals surface area (Å²) in [6.07, 6.45) is -0.250. The van der Waals surface area contributed by atoms with Crippen LogP contribution in [0.2, 0.25) is 0 Å². The van der Waals surface area contributed by atoms with Gasteiger partial charge in [-0.15, -0.1) is 24.0 Å². The Hall–Kier alpha value is -2.36. The van der Waals surface area contributed by atoms with Gasteiger partial charge in [-0.2, -0.15) is 0 Å². The van der Waals surface area contributed by atoms with Crippen LogP contribution in [0, 0.1) is 5.82 Å². The number of para-hydroxylation sites is 1. The lowest BCUT2D eigenvalue weighted by molar-refractivity contribution is 0.100. The van der Waals surface area contributed by atoms with Crippen LogP contribution < -0.4 is 21.1 Å². The molecule has 0 aromatic heterocycles. The van der Waals surface area contributed by atoms with Crippen molar-refractivity contribution < 1.29 is 13.9 Å². The van der Waals surface area contributed by atoms with Gasteiger partial charge in [0, 0.05) is 19.2 Å². The third-order valence-corrected chi connectivity index (χ3v) is 3.64. The van der Waals surface area contributed by atoms with E-state index in [0.29, 0.717) is 24.6 Å². The summed E-state index contributed by atoms with van der Waals surface area (Å²) in [5, 5.41) is 6.28.